The minimum Gasteiger partial charge on any atom is -0.494 e. The highest BCUT2D eigenvalue weighted by atomic mass is 16.5. The van der Waals surface area contributed by atoms with Crippen LogP contribution < -0.4 is 14.8 Å². The molecule has 3 aromatic rings. The largest absolute Gasteiger partial charge is 0.494 e. The Bertz CT molecular complexity index is 926. The first-order valence-electron chi connectivity index (χ1n) is 9.96. The van der Waals surface area contributed by atoms with E-state index < -0.39 is 6.04 Å². The summed E-state index contributed by atoms with van der Waals surface area (Å²) in [6, 6.07) is 10.4. The number of aromatic nitrogens is 3. The van der Waals surface area contributed by atoms with E-state index in [1.807, 2.05) is 32.0 Å². The van der Waals surface area contributed by atoms with Gasteiger partial charge in [-0.15, -0.1) is 0 Å². The van der Waals surface area contributed by atoms with Crippen molar-refractivity contribution in [2.24, 2.45) is 5.92 Å². The summed E-state index contributed by atoms with van der Waals surface area (Å²) in [5.74, 6) is 1.91. The minimum atomic E-state index is -0.427. The normalized spacial score (nSPS) is 11.9. The molecule has 0 saturated carbocycles. The molecule has 0 saturated heterocycles. The lowest BCUT2D eigenvalue weighted by atomic mass is 10.0. The number of ether oxygens (including phenoxy) is 2. The lowest BCUT2D eigenvalue weighted by Crippen LogP contribution is -2.35. The van der Waals surface area contributed by atoms with Crippen LogP contribution in [0.15, 0.2) is 53.3 Å². The number of carbonyl (C=O) groups is 1. The molecular formula is C22H26N4O4. The number of carbonyl (C=O) groups excluding carboxylic acids is 1. The Morgan fingerprint density at radius 2 is 1.87 bits per heavy atom. The van der Waals surface area contributed by atoms with Crippen molar-refractivity contribution in [2.75, 3.05) is 13.2 Å². The molecule has 2 heterocycles. The van der Waals surface area contributed by atoms with Crippen LogP contribution in [0.1, 0.15) is 39.1 Å². The molecule has 0 aliphatic carbocycles. The molecule has 8 nitrogen and oxygen atoms in total. The maximum Gasteiger partial charge on any atom is 0.258 e. The summed E-state index contributed by atoms with van der Waals surface area (Å²) in [7, 11) is 0. The third kappa shape index (κ3) is 5.79. The van der Waals surface area contributed by atoms with Crippen molar-refractivity contribution in [1.29, 1.82) is 0 Å². The SMILES string of the molecule is CCCOc1ccc(OCC(=O)N[C@@H](c2nc(-c3cccnc3)no2)C(C)C)cc1. The molecule has 0 fully saturated rings. The molecule has 1 aromatic carbocycles. The molecule has 2 aromatic heterocycles. The molecule has 0 spiro atoms. The van der Waals surface area contributed by atoms with Crippen molar-refractivity contribution in [3.8, 4) is 22.9 Å². The van der Waals surface area contributed by atoms with E-state index in [0.717, 1.165) is 17.7 Å². The van der Waals surface area contributed by atoms with Gasteiger partial charge in [-0.05, 0) is 48.7 Å². The van der Waals surface area contributed by atoms with Crippen molar-refractivity contribution in [2.45, 2.75) is 33.2 Å². The molecule has 8 heteroatoms. The van der Waals surface area contributed by atoms with Crippen LogP contribution in [0.5, 0.6) is 11.5 Å². The molecule has 0 unspecified atom stereocenters. The zero-order valence-corrected chi connectivity index (χ0v) is 17.4. The van der Waals surface area contributed by atoms with Crippen molar-refractivity contribution in [3.63, 3.8) is 0 Å². The van der Waals surface area contributed by atoms with Gasteiger partial charge in [-0.2, -0.15) is 4.98 Å². The second-order valence-electron chi connectivity index (χ2n) is 7.10. The monoisotopic (exact) mass is 410 g/mol. The van der Waals surface area contributed by atoms with Gasteiger partial charge < -0.3 is 19.3 Å². The fourth-order valence-corrected chi connectivity index (χ4v) is 2.70. The van der Waals surface area contributed by atoms with Crippen molar-refractivity contribution < 1.29 is 18.8 Å². The Hall–Kier alpha value is -3.42. The number of hydrogen-bond acceptors (Lipinski definition) is 7. The fourth-order valence-electron chi connectivity index (χ4n) is 2.70. The highest BCUT2D eigenvalue weighted by molar-refractivity contribution is 5.78. The van der Waals surface area contributed by atoms with Crippen LogP contribution in [-0.4, -0.2) is 34.2 Å². The first-order chi connectivity index (χ1) is 14.6. The van der Waals surface area contributed by atoms with Crippen LogP contribution in [0.25, 0.3) is 11.4 Å². The number of benzene rings is 1. The molecule has 0 aliphatic heterocycles. The lowest BCUT2D eigenvalue weighted by Gasteiger charge is -2.18. The van der Waals surface area contributed by atoms with Crippen molar-refractivity contribution in [3.05, 3.63) is 54.7 Å². The smallest absolute Gasteiger partial charge is 0.258 e. The van der Waals surface area contributed by atoms with Crippen LogP contribution in [-0.2, 0) is 4.79 Å². The maximum atomic E-state index is 12.4. The molecule has 1 atom stereocenters. The van der Waals surface area contributed by atoms with Gasteiger partial charge in [0.15, 0.2) is 6.61 Å². The molecule has 30 heavy (non-hydrogen) atoms. The van der Waals surface area contributed by atoms with Gasteiger partial charge in [0, 0.05) is 18.0 Å². The summed E-state index contributed by atoms with van der Waals surface area (Å²) in [4.78, 5) is 20.9. The average molecular weight is 410 g/mol. The summed E-state index contributed by atoms with van der Waals surface area (Å²) in [6.45, 7) is 6.53. The predicted octanol–water partition coefficient (Wildman–Crippen LogP) is 3.81. The first-order valence-corrected chi connectivity index (χ1v) is 9.96. The zero-order valence-electron chi connectivity index (χ0n) is 17.4. The Balaban J connectivity index is 1.57. The number of rotatable bonds is 10. The van der Waals surface area contributed by atoms with Crippen molar-refractivity contribution in [1.82, 2.24) is 20.4 Å². The van der Waals surface area contributed by atoms with E-state index in [9.17, 15) is 4.79 Å². The minimum absolute atomic E-state index is 0.0474. The number of nitrogens with zero attached hydrogens (tertiary/aromatic N) is 3. The Morgan fingerprint density at radius 1 is 1.13 bits per heavy atom. The van der Waals surface area contributed by atoms with E-state index in [-0.39, 0.29) is 18.4 Å². The molecule has 3 rings (SSSR count). The standard InChI is InChI=1S/C22H26N4O4/c1-4-12-28-17-7-9-18(10-8-17)29-14-19(27)24-20(15(2)3)22-25-21(26-30-22)16-6-5-11-23-13-16/h5-11,13,15,20H,4,12,14H2,1-3H3,(H,24,27)/t20-/m1/s1. The highest BCUT2D eigenvalue weighted by Crippen LogP contribution is 2.23. The molecule has 0 radical (unpaired) electrons. The summed E-state index contributed by atoms with van der Waals surface area (Å²) in [6.07, 6.45) is 4.27. The number of pyridine rings is 1. The van der Waals surface area contributed by atoms with Crippen LogP contribution in [0.2, 0.25) is 0 Å². The molecular weight excluding hydrogens is 384 g/mol. The van der Waals surface area contributed by atoms with Gasteiger partial charge in [0.2, 0.25) is 11.7 Å². The Kier molecular flexibility index (Phi) is 7.37. The van der Waals surface area contributed by atoms with E-state index in [1.54, 1.807) is 30.6 Å². The van der Waals surface area contributed by atoms with E-state index >= 15 is 0 Å². The molecule has 1 amide bonds. The third-order valence-corrected chi connectivity index (χ3v) is 4.28. The summed E-state index contributed by atoms with van der Waals surface area (Å²) < 4.78 is 16.5. The highest BCUT2D eigenvalue weighted by Gasteiger charge is 2.25. The topological polar surface area (TPSA) is 99.4 Å². The number of amides is 1. The molecule has 158 valence electrons. The van der Waals surface area contributed by atoms with Gasteiger partial charge in [0.25, 0.3) is 5.91 Å². The van der Waals surface area contributed by atoms with Gasteiger partial charge >= 0.3 is 0 Å². The number of hydrogen-bond donors (Lipinski definition) is 1. The van der Waals surface area contributed by atoms with Crippen molar-refractivity contribution >= 4 is 5.91 Å². The fraction of sp³-hybridized carbons (Fsp3) is 0.364. The van der Waals surface area contributed by atoms with E-state index in [0.29, 0.717) is 24.1 Å². The predicted molar refractivity (Wildman–Crippen MR) is 111 cm³/mol. The van der Waals surface area contributed by atoms with Crippen LogP contribution >= 0.6 is 0 Å². The Labute approximate surface area is 175 Å². The van der Waals surface area contributed by atoms with Gasteiger partial charge in [0.05, 0.1) is 6.61 Å². The molecule has 1 N–H and O–H groups in total. The zero-order chi connectivity index (χ0) is 21.3. The lowest BCUT2D eigenvalue weighted by molar-refractivity contribution is -0.124. The molecule has 0 bridgehead atoms. The second-order valence-corrected chi connectivity index (χ2v) is 7.10. The van der Waals surface area contributed by atoms with E-state index in [2.05, 4.69) is 27.4 Å². The summed E-state index contributed by atoms with van der Waals surface area (Å²) >= 11 is 0. The first kappa shape index (κ1) is 21.3. The van der Waals surface area contributed by atoms with E-state index in [4.69, 9.17) is 14.0 Å². The summed E-state index contributed by atoms with van der Waals surface area (Å²) in [5, 5.41) is 6.91. The third-order valence-electron chi connectivity index (χ3n) is 4.28. The average Bonchev–Trinajstić information content (AvgIpc) is 3.25. The second kappa shape index (κ2) is 10.4. The van der Waals surface area contributed by atoms with Crippen LogP contribution in [0.4, 0.5) is 0 Å². The van der Waals surface area contributed by atoms with Crippen LogP contribution in [0.3, 0.4) is 0 Å². The van der Waals surface area contributed by atoms with Gasteiger partial charge in [0.1, 0.15) is 17.5 Å². The Morgan fingerprint density at radius 3 is 2.50 bits per heavy atom. The van der Waals surface area contributed by atoms with Gasteiger partial charge in [-0.1, -0.05) is 25.9 Å². The maximum absolute atomic E-state index is 12.4. The molecule has 0 aliphatic rings. The van der Waals surface area contributed by atoms with Crippen LogP contribution in [0, 0.1) is 5.92 Å². The quantitative estimate of drug-likeness (QED) is 0.542. The summed E-state index contributed by atoms with van der Waals surface area (Å²) in [5.41, 5.74) is 0.746. The van der Waals surface area contributed by atoms with Gasteiger partial charge in [-0.3, -0.25) is 9.78 Å². The van der Waals surface area contributed by atoms with Gasteiger partial charge in [-0.25, -0.2) is 0 Å². The van der Waals surface area contributed by atoms with E-state index in [1.165, 1.54) is 0 Å². The number of nitrogens with one attached hydrogen (secondary N) is 1.